The van der Waals surface area contributed by atoms with Crippen LogP contribution in [0.5, 0.6) is 11.5 Å². The Morgan fingerprint density at radius 2 is 1.72 bits per heavy atom. The van der Waals surface area contributed by atoms with E-state index < -0.39 is 0 Å². The van der Waals surface area contributed by atoms with Gasteiger partial charge in [0, 0.05) is 38.8 Å². The molecule has 0 aromatic heterocycles. The van der Waals surface area contributed by atoms with Gasteiger partial charge in [0.2, 0.25) is 5.91 Å². The second-order valence-electron chi connectivity index (χ2n) is 7.64. The summed E-state index contributed by atoms with van der Waals surface area (Å²) in [5.41, 5.74) is 1.42. The van der Waals surface area contributed by atoms with E-state index in [9.17, 15) is 9.59 Å². The standard InChI is InChI=1S/C24H31N3O5/c1-30-11-6-12-32-22-14-18(9-10-21(22)31-2)24(29)27-20-16-25-15-19(20)26-23(28)13-17-7-4-3-5-8-17/h3-5,7-10,14,19-20,25H,6,11-13,15-16H2,1-2H3,(H,26,28)(H,27,29)/t19?,20-/m1/s1. The van der Waals surface area contributed by atoms with Crippen molar-refractivity contribution in [2.45, 2.75) is 24.9 Å². The minimum Gasteiger partial charge on any atom is -0.493 e. The smallest absolute Gasteiger partial charge is 0.251 e. The van der Waals surface area contributed by atoms with Crippen LogP contribution in [0.4, 0.5) is 0 Å². The van der Waals surface area contributed by atoms with Gasteiger partial charge in [-0.3, -0.25) is 9.59 Å². The minimum atomic E-state index is -0.231. The van der Waals surface area contributed by atoms with Crippen molar-refractivity contribution in [1.29, 1.82) is 0 Å². The van der Waals surface area contributed by atoms with Gasteiger partial charge in [0.15, 0.2) is 11.5 Å². The Morgan fingerprint density at radius 1 is 0.969 bits per heavy atom. The fourth-order valence-corrected chi connectivity index (χ4v) is 3.59. The largest absolute Gasteiger partial charge is 0.493 e. The molecule has 32 heavy (non-hydrogen) atoms. The molecule has 3 rings (SSSR count). The molecule has 1 heterocycles. The van der Waals surface area contributed by atoms with Crippen LogP contribution in [0, 0.1) is 0 Å². The highest BCUT2D eigenvalue weighted by Gasteiger charge is 2.30. The lowest BCUT2D eigenvalue weighted by Crippen LogP contribution is -2.51. The van der Waals surface area contributed by atoms with Crippen molar-refractivity contribution < 1.29 is 23.8 Å². The molecular formula is C24H31N3O5. The molecule has 1 unspecified atom stereocenters. The third kappa shape index (κ3) is 6.70. The van der Waals surface area contributed by atoms with Gasteiger partial charge in [-0.15, -0.1) is 0 Å². The van der Waals surface area contributed by atoms with E-state index in [0.717, 1.165) is 12.0 Å². The highest BCUT2D eigenvalue weighted by Crippen LogP contribution is 2.28. The Kier molecular flexibility index (Phi) is 8.89. The number of methoxy groups -OCH3 is 2. The molecule has 1 saturated heterocycles. The molecule has 2 aromatic carbocycles. The summed E-state index contributed by atoms with van der Waals surface area (Å²) in [5, 5.41) is 9.29. The zero-order chi connectivity index (χ0) is 22.8. The summed E-state index contributed by atoms with van der Waals surface area (Å²) in [4.78, 5) is 25.3. The van der Waals surface area contributed by atoms with E-state index in [4.69, 9.17) is 14.2 Å². The predicted molar refractivity (Wildman–Crippen MR) is 121 cm³/mol. The molecule has 0 bridgehead atoms. The maximum absolute atomic E-state index is 12.9. The van der Waals surface area contributed by atoms with Gasteiger partial charge in [-0.2, -0.15) is 0 Å². The van der Waals surface area contributed by atoms with Crippen LogP contribution in [0.15, 0.2) is 48.5 Å². The molecule has 0 saturated carbocycles. The van der Waals surface area contributed by atoms with Crippen LogP contribution in [-0.2, 0) is 16.0 Å². The molecule has 2 atom stereocenters. The predicted octanol–water partition coefficient (Wildman–Crippen LogP) is 1.54. The molecule has 0 radical (unpaired) electrons. The SMILES string of the molecule is COCCCOc1cc(C(=O)N[C@@H]2CNCC2NC(=O)Cc2ccccc2)ccc1OC. The summed E-state index contributed by atoms with van der Waals surface area (Å²) < 4.78 is 16.1. The first-order chi connectivity index (χ1) is 15.6. The number of ether oxygens (including phenoxy) is 3. The summed E-state index contributed by atoms with van der Waals surface area (Å²) in [6.45, 7) is 2.23. The molecule has 0 spiro atoms. The molecule has 3 N–H and O–H groups in total. The third-order valence-corrected chi connectivity index (χ3v) is 5.26. The lowest BCUT2D eigenvalue weighted by molar-refractivity contribution is -0.121. The molecule has 8 heteroatoms. The zero-order valence-corrected chi connectivity index (χ0v) is 18.6. The van der Waals surface area contributed by atoms with Gasteiger partial charge in [0.25, 0.3) is 5.91 Å². The normalized spacial score (nSPS) is 17.6. The molecule has 1 aliphatic heterocycles. The van der Waals surface area contributed by atoms with Gasteiger partial charge in [-0.1, -0.05) is 30.3 Å². The van der Waals surface area contributed by atoms with Crippen molar-refractivity contribution in [2.75, 3.05) is 40.5 Å². The Balaban J connectivity index is 1.58. The summed E-state index contributed by atoms with van der Waals surface area (Å²) in [6.07, 6.45) is 1.04. The lowest BCUT2D eigenvalue weighted by Gasteiger charge is -2.21. The van der Waals surface area contributed by atoms with Crippen LogP contribution in [0.3, 0.4) is 0 Å². The number of carbonyl (C=O) groups excluding carboxylic acids is 2. The average Bonchev–Trinajstić information content (AvgIpc) is 3.23. The highest BCUT2D eigenvalue weighted by atomic mass is 16.5. The zero-order valence-electron chi connectivity index (χ0n) is 18.6. The first-order valence-corrected chi connectivity index (χ1v) is 10.8. The topological polar surface area (TPSA) is 97.9 Å². The Hall–Kier alpha value is -3.10. The van der Waals surface area contributed by atoms with Crippen molar-refractivity contribution in [2.24, 2.45) is 0 Å². The number of benzene rings is 2. The first kappa shape index (κ1) is 23.6. The van der Waals surface area contributed by atoms with E-state index >= 15 is 0 Å². The van der Waals surface area contributed by atoms with E-state index in [0.29, 0.717) is 49.8 Å². The number of hydrogen-bond acceptors (Lipinski definition) is 6. The summed E-state index contributed by atoms with van der Waals surface area (Å²) in [6, 6.07) is 14.3. The highest BCUT2D eigenvalue weighted by molar-refractivity contribution is 5.95. The lowest BCUT2D eigenvalue weighted by atomic mass is 10.1. The second-order valence-corrected chi connectivity index (χ2v) is 7.64. The van der Waals surface area contributed by atoms with Crippen LogP contribution in [0.1, 0.15) is 22.3 Å². The van der Waals surface area contributed by atoms with Gasteiger partial charge in [-0.25, -0.2) is 0 Å². The van der Waals surface area contributed by atoms with Crippen LogP contribution in [0.2, 0.25) is 0 Å². The Labute approximate surface area is 188 Å². The van der Waals surface area contributed by atoms with E-state index in [1.54, 1.807) is 32.4 Å². The van der Waals surface area contributed by atoms with Gasteiger partial charge in [-0.05, 0) is 23.8 Å². The molecule has 172 valence electrons. The van der Waals surface area contributed by atoms with E-state index in [1.807, 2.05) is 30.3 Å². The molecule has 0 aliphatic carbocycles. The van der Waals surface area contributed by atoms with Crippen molar-refractivity contribution in [3.63, 3.8) is 0 Å². The second kappa shape index (κ2) is 12.1. The number of rotatable bonds is 11. The molecule has 2 aromatic rings. The van der Waals surface area contributed by atoms with Crippen molar-refractivity contribution >= 4 is 11.8 Å². The maximum atomic E-state index is 12.9. The molecule has 1 aliphatic rings. The van der Waals surface area contributed by atoms with Crippen LogP contribution < -0.4 is 25.4 Å². The third-order valence-electron chi connectivity index (χ3n) is 5.26. The molecule has 8 nitrogen and oxygen atoms in total. The van der Waals surface area contributed by atoms with E-state index in [1.165, 1.54) is 0 Å². The minimum absolute atomic E-state index is 0.0691. The first-order valence-electron chi connectivity index (χ1n) is 10.8. The monoisotopic (exact) mass is 441 g/mol. The fraction of sp³-hybridized carbons (Fsp3) is 0.417. The van der Waals surface area contributed by atoms with Gasteiger partial charge >= 0.3 is 0 Å². The van der Waals surface area contributed by atoms with E-state index in [2.05, 4.69) is 16.0 Å². The average molecular weight is 442 g/mol. The van der Waals surface area contributed by atoms with Gasteiger partial charge < -0.3 is 30.2 Å². The number of nitrogens with one attached hydrogen (secondary N) is 3. The van der Waals surface area contributed by atoms with Crippen LogP contribution in [0.25, 0.3) is 0 Å². The van der Waals surface area contributed by atoms with Crippen molar-refractivity contribution in [3.8, 4) is 11.5 Å². The molecular weight excluding hydrogens is 410 g/mol. The van der Waals surface area contributed by atoms with Gasteiger partial charge in [0.1, 0.15) is 0 Å². The summed E-state index contributed by atoms with van der Waals surface area (Å²) >= 11 is 0. The maximum Gasteiger partial charge on any atom is 0.251 e. The molecule has 2 amide bonds. The Morgan fingerprint density at radius 3 is 2.44 bits per heavy atom. The van der Waals surface area contributed by atoms with Gasteiger partial charge in [0.05, 0.1) is 32.2 Å². The number of amides is 2. The number of hydrogen-bond donors (Lipinski definition) is 3. The summed E-state index contributed by atoms with van der Waals surface area (Å²) in [5.74, 6) is 0.770. The quantitative estimate of drug-likeness (QED) is 0.458. The fourth-order valence-electron chi connectivity index (χ4n) is 3.59. The van der Waals surface area contributed by atoms with Crippen molar-refractivity contribution in [3.05, 3.63) is 59.7 Å². The van der Waals surface area contributed by atoms with E-state index in [-0.39, 0.29) is 23.9 Å². The van der Waals surface area contributed by atoms with Crippen LogP contribution >= 0.6 is 0 Å². The number of carbonyl (C=O) groups is 2. The summed E-state index contributed by atoms with van der Waals surface area (Å²) in [7, 11) is 3.20. The van der Waals surface area contributed by atoms with Crippen LogP contribution in [-0.4, -0.2) is 64.4 Å². The molecule has 1 fully saturated rings. The Bertz CT molecular complexity index is 890. The van der Waals surface area contributed by atoms with Crippen molar-refractivity contribution in [1.82, 2.24) is 16.0 Å².